The van der Waals surface area contributed by atoms with Crippen LogP contribution in [0.1, 0.15) is 0 Å². The number of aromatic nitrogens is 2. The maximum absolute atomic E-state index is 12.4. The van der Waals surface area contributed by atoms with Crippen molar-refractivity contribution in [3.63, 3.8) is 0 Å². The first-order chi connectivity index (χ1) is 27.6. The van der Waals surface area contributed by atoms with E-state index < -0.39 is 7.49 Å². The van der Waals surface area contributed by atoms with Crippen molar-refractivity contribution in [3.8, 4) is 78.4 Å². The van der Waals surface area contributed by atoms with Crippen LogP contribution in [0, 0.1) is 0 Å². The number of hydrogen-bond acceptors (Lipinski definition) is 3. The number of benzene rings is 8. The van der Waals surface area contributed by atoms with E-state index in [-0.39, 0.29) is 0 Å². The Labute approximate surface area is 327 Å². The normalized spacial score (nSPS) is 13.1. The standard InChI is InChI=1S/C52H37N2OP/c55-56(50-17-9-7-15-46(50)47-16-8-10-18-51(47)56)45-33-31-41(32-34-45)39-21-19-38(20-22-39)40-25-29-43(30-26-40)49-35-48(53-52(54-49)44-13-5-2-6-14-44)42-27-23-37(24-28-42)36-11-3-1-4-12-36/h1-35,55-56H. The van der Waals surface area contributed by atoms with Gasteiger partial charge in [-0.15, -0.1) is 0 Å². The summed E-state index contributed by atoms with van der Waals surface area (Å²) in [7, 11) is -3.07. The van der Waals surface area contributed by atoms with Gasteiger partial charge < -0.3 is 0 Å². The van der Waals surface area contributed by atoms with Crippen molar-refractivity contribution in [2.24, 2.45) is 0 Å². The fourth-order valence-corrected chi connectivity index (χ4v) is 11.5. The summed E-state index contributed by atoms with van der Waals surface area (Å²) in [4.78, 5) is 22.5. The molecule has 0 saturated heterocycles. The summed E-state index contributed by atoms with van der Waals surface area (Å²) in [6.45, 7) is 0. The van der Waals surface area contributed by atoms with Crippen LogP contribution in [0.3, 0.4) is 0 Å². The van der Waals surface area contributed by atoms with Gasteiger partial charge in [0.05, 0.1) is 11.4 Å². The predicted molar refractivity (Wildman–Crippen MR) is 236 cm³/mol. The van der Waals surface area contributed by atoms with E-state index in [0.717, 1.165) is 77.4 Å². The Balaban J connectivity index is 0.914. The Morgan fingerprint density at radius 3 is 1.05 bits per heavy atom. The van der Waals surface area contributed by atoms with E-state index in [0.29, 0.717) is 5.82 Å². The molecule has 0 bridgehead atoms. The fraction of sp³-hybridized carbons (Fsp3) is 0. The SMILES string of the molecule is O[PH]1(c2ccc(-c3ccc(-c4ccc(-c5cc(-c6ccc(-c7ccccc7)cc6)nc(-c6ccccc6)n5)cc4)cc3)cc2)c2ccccc2-c2ccccc21. The molecule has 266 valence electrons. The van der Waals surface area contributed by atoms with Crippen LogP contribution in [-0.2, 0) is 0 Å². The number of nitrogens with zero attached hydrogens (tertiary/aromatic N) is 2. The third-order valence-corrected chi connectivity index (χ3v) is 14.6. The molecule has 1 aromatic heterocycles. The molecule has 0 fully saturated rings. The number of fused-ring (bicyclic) bond motifs is 3. The zero-order valence-corrected chi connectivity index (χ0v) is 31.5. The van der Waals surface area contributed by atoms with Crippen LogP contribution in [0.15, 0.2) is 212 Å². The van der Waals surface area contributed by atoms with Crippen molar-refractivity contribution in [2.45, 2.75) is 0 Å². The average Bonchev–Trinajstić information content (AvgIpc) is 3.55. The van der Waals surface area contributed by atoms with Crippen LogP contribution in [-0.4, -0.2) is 14.9 Å². The van der Waals surface area contributed by atoms with Gasteiger partial charge in [0.25, 0.3) is 0 Å². The summed E-state index contributed by atoms with van der Waals surface area (Å²) in [5.74, 6) is 0.701. The molecule has 0 radical (unpaired) electrons. The average molecular weight is 737 g/mol. The summed E-state index contributed by atoms with van der Waals surface area (Å²) in [6.07, 6.45) is 0. The summed E-state index contributed by atoms with van der Waals surface area (Å²) in [5, 5.41) is 3.13. The molecule has 0 aliphatic carbocycles. The van der Waals surface area contributed by atoms with Crippen LogP contribution in [0.4, 0.5) is 0 Å². The molecule has 0 unspecified atom stereocenters. The van der Waals surface area contributed by atoms with Crippen molar-refractivity contribution in [1.29, 1.82) is 0 Å². The van der Waals surface area contributed by atoms with Crippen molar-refractivity contribution in [3.05, 3.63) is 212 Å². The van der Waals surface area contributed by atoms with Gasteiger partial charge in [0.1, 0.15) is 0 Å². The molecule has 0 spiro atoms. The summed E-state index contributed by atoms with van der Waals surface area (Å²) < 4.78 is 0. The summed E-state index contributed by atoms with van der Waals surface area (Å²) >= 11 is 0. The second kappa shape index (κ2) is 14.1. The minimum absolute atomic E-state index is 0.701. The van der Waals surface area contributed by atoms with E-state index in [9.17, 15) is 4.89 Å². The molecule has 9 aromatic rings. The van der Waals surface area contributed by atoms with Gasteiger partial charge in [0, 0.05) is 11.1 Å². The maximum atomic E-state index is 12.4. The van der Waals surface area contributed by atoms with E-state index in [1.807, 2.05) is 36.4 Å². The molecule has 8 aromatic carbocycles. The van der Waals surface area contributed by atoms with Gasteiger partial charge in [-0.05, 0) is 17.2 Å². The van der Waals surface area contributed by atoms with Crippen molar-refractivity contribution < 1.29 is 4.89 Å². The first-order valence-electron chi connectivity index (χ1n) is 19.0. The molecule has 0 amide bonds. The molecule has 0 saturated carbocycles. The van der Waals surface area contributed by atoms with Gasteiger partial charge in [-0.3, -0.25) is 0 Å². The van der Waals surface area contributed by atoms with Crippen molar-refractivity contribution in [2.75, 3.05) is 0 Å². The van der Waals surface area contributed by atoms with Crippen LogP contribution in [0.5, 0.6) is 0 Å². The molecule has 1 N–H and O–H groups in total. The molecular weight excluding hydrogens is 700 g/mol. The third-order valence-electron chi connectivity index (χ3n) is 11.0. The Kier molecular flexibility index (Phi) is 8.53. The summed E-state index contributed by atoms with van der Waals surface area (Å²) in [5.41, 5.74) is 14.0. The second-order valence-electron chi connectivity index (χ2n) is 14.3. The van der Waals surface area contributed by atoms with E-state index in [2.05, 4.69) is 176 Å². The predicted octanol–water partition coefficient (Wildman–Crippen LogP) is 11.4. The molecule has 0 atom stereocenters. The molecule has 2 heterocycles. The van der Waals surface area contributed by atoms with Crippen molar-refractivity contribution in [1.82, 2.24) is 9.97 Å². The molecule has 56 heavy (non-hydrogen) atoms. The topological polar surface area (TPSA) is 46.0 Å². The van der Waals surface area contributed by atoms with Crippen LogP contribution in [0.2, 0.25) is 0 Å². The number of rotatable bonds is 7. The van der Waals surface area contributed by atoms with Gasteiger partial charge in [-0.2, -0.15) is 0 Å². The van der Waals surface area contributed by atoms with Gasteiger partial charge in [0.15, 0.2) is 5.82 Å². The Hall–Kier alpha value is -6.77. The molecular formula is C52H37N2OP. The Morgan fingerprint density at radius 2 is 0.625 bits per heavy atom. The Bertz CT molecular complexity index is 2770. The van der Waals surface area contributed by atoms with Crippen molar-refractivity contribution >= 4 is 23.4 Å². The van der Waals surface area contributed by atoms with E-state index in [1.54, 1.807) is 0 Å². The monoisotopic (exact) mass is 736 g/mol. The van der Waals surface area contributed by atoms with Gasteiger partial charge in [-0.1, -0.05) is 84.9 Å². The zero-order chi connectivity index (χ0) is 37.5. The van der Waals surface area contributed by atoms with Gasteiger partial charge >= 0.3 is 189 Å². The van der Waals surface area contributed by atoms with E-state index >= 15 is 0 Å². The molecule has 1 aliphatic heterocycles. The van der Waals surface area contributed by atoms with Gasteiger partial charge in [-0.25, -0.2) is 9.97 Å². The second-order valence-corrected chi connectivity index (χ2v) is 17.4. The third kappa shape index (κ3) is 6.04. The molecule has 10 rings (SSSR count). The minimum atomic E-state index is -3.07. The molecule has 4 heteroatoms. The summed E-state index contributed by atoms with van der Waals surface area (Å²) in [6, 6.07) is 73.8. The van der Waals surface area contributed by atoms with Crippen LogP contribution < -0.4 is 15.9 Å². The first-order valence-corrected chi connectivity index (χ1v) is 20.9. The van der Waals surface area contributed by atoms with Gasteiger partial charge in [0.2, 0.25) is 0 Å². The zero-order valence-electron chi connectivity index (χ0n) is 30.5. The fourth-order valence-electron chi connectivity index (χ4n) is 8.04. The molecule has 1 aliphatic rings. The quantitative estimate of drug-likeness (QED) is 0.166. The number of hydrogen-bond donors (Lipinski definition) is 1. The van der Waals surface area contributed by atoms with Crippen LogP contribution in [0.25, 0.3) is 78.4 Å². The molecule has 3 nitrogen and oxygen atoms in total. The van der Waals surface area contributed by atoms with E-state index in [4.69, 9.17) is 9.97 Å². The Morgan fingerprint density at radius 1 is 0.304 bits per heavy atom. The van der Waals surface area contributed by atoms with Crippen LogP contribution >= 0.6 is 7.49 Å². The van der Waals surface area contributed by atoms with E-state index in [1.165, 1.54) is 11.1 Å². The first kappa shape index (κ1) is 33.8.